The number of amides is 2. The zero-order chi connectivity index (χ0) is 25.2. The summed E-state index contributed by atoms with van der Waals surface area (Å²) in [7, 11) is 0. The normalized spacial score (nSPS) is 18.3. The van der Waals surface area contributed by atoms with Gasteiger partial charge in [0.25, 0.3) is 0 Å². The summed E-state index contributed by atoms with van der Waals surface area (Å²) in [5, 5.41) is 13.7. The predicted octanol–water partition coefficient (Wildman–Crippen LogP) is 4.65. The van der Waals surface area contributed by atoms with Gasteiger partial charge in [-0.1, -0.05) is 43.2 Å². The summed E-state index contributed by atoms with van der Waals surface area (Å²) in [5.41, 5.74) is 4.33. The highest BCUT2D eigenvalue weighted by molar-refractivity contribution is 5.99. The van der Waals surface area contributed by atoms with E-state index in [0.29, 0.717) is 32.0 Å². The molecule has 2 heterocycles. The van der Waals surface area contributed by atoms with Crippen molar-refractivity contribution in [3.8, 4) is 11.3 Å². The molecule has 1 aliphatic carbocycles. The fraction of sp³-hybridized carbons (Fsp3) is 0.414. The largest absolute Gasteiger partial charge is 0.478 e. The van der Waals surface area contributed by atoms with E-state index in [1.165, 1.54) is 0 Å². The third-order valence-electron chi connectivity index (χ3n) is 7.73. The first-order valence-electron chi connectivity index (χ1n) is 13.0. The number of aromatic nitrogens is 1. The lowest BCUT2D eigenvalue weighted by Crippen LogP contribution is -2.33. The van der Waals surface area contributed by atoms with Gasteiger partial charge in [0.15, 0.2) is 0 Å². The SMILES string of the molecule is CCN1CC(CNC(=O)Cn2c(-c3ccccc3)c(C3CCCC3)c3cc(C(=O)O)ccc32)CC1=O. The Morgan fingerprint density at radius 3 is 2.50 bits per heavy atom. The van der Waals surface area contributed by atoms with Crippen LogP contribution < -0.4 is 5.32 Å². The van der Waals surface area contributed by atoms with Crippen molar-refractivity contribution in [1.82, 2.24) is 14.8 Å². The summed E-state index contributed by atoms with van der Waals surface area (Å²) in [6.07, 6.45) is 4.90. The van der Waals surface area contributed by atoms with Gasteiger partial charge in [0, 0.05) is 42.9 Å². The molecular weight excluding hydrogens is 454 g/mol. The highest BCUT2D eigenvalue weighted by Crippen LogP contribution is 2.45. The molecule has 2 aliphatic rings. The Bertz CT molecular complexity index is 1290. The van der Waals surface area contributed by atoms with Crippen LogP contribution in [0.3, 0.4) is 0 Å². The van der Waals surface area contributed by atoms with Crippen molar-refractivity contribution < 1.29 is 19.5 Å². The van der Waals surface area contributed by atoms with E-state index < -0.39 is 5.97 Å². The molecule has 2 fully saturated rings. The van der Waals surface area contributed by atoms with Crippen molar-refractivity contribution in [2.24, 2.45) is 5.92 Å². The first-order valence-corrected chi connectivity index (χ1v) is 13.0. The zero-order valence-electron chi connectivity index (χ0n) is 20.7. The lowest BCUT2D eigenvalue weighted by atomic mass is 9.91. The summed E-state index contributed by atoms with van der Waals surface area (Å²) in [4.78, 5) is 38.9. The molecule has 3 aromatic rings. The number of hydrogen-bond acceptors (Lipinski definition) is 3. The number of carbonyl (C=O) groups is 3. The Hall–Kier alpha value is -3.61. The molecule has 188 valence electrons. The number of aromatic carboxylic acids is 1. The van der Waals surface area contributed by atoms with Crippen LogP contribution in [0.5, 0.6) is 0 Å². The molecule has 2 aromatic carbocycles. The third-order valence-corrected chi connectivity index (χ3v) is 7.73. The van der Waals surface area contributed by atoms with E-state index >= 15 is 0 Å². The minimum atomic E-state index is -0.951. The monoisotopic (exact) mass is 487 g/mol. The third kappa shape index (κ3) is 4.62. The van der Waals surface area contributed by atoms with Gasteiger partial charge in [-0.3, -0.25) is 9.59 Å². The van der Waals surface area contributed by atoms with Crippen LogP contribution in [0.4, 0.5) is 0 Å². The van der Waals surface area contributed by atoms with Crippen LogP contribution in [-0.2, 0) is 16.1 Å². The number of carbonyl (C=O) groups excluding carboxylic acids is 2. The van der Waals surface area contributed by atoms with Crippen molar-refractivity contribution >= 4 is 28.7 Å². The first kappa shape index (κ1) is 24.1. The number of benzene rings is 2. The number of likely N-dealkylation sites (tertiary alicyclic amines) is 1. The van der Waals surface area contributed by atoms with Crippen molar-refractivity contribution in [1.29, 1.82) is 0 Å². The average Bonchev–Trinajstić information content (AvgIpc) is 3.60. The van der Waals surface area contributed by atoms with Gasteiger partial charge in [-0.2, -0.15) is 0 Å². The molecule has 0 bridgehead atoms. The van der Waals surface area contributed by atoms with Gasteiger partial charge in [0.05, 0.1) is 11.3 Å². The summed E-state index contributed by atoms with van der Waals surface area (Å²) in [6, 6.07) is 15.3. The number of fused-ring (bicyclic) bond motifs is 1. The molecule has 2 N–H and O–H groups in total. The maximum Gasteiger partial charge on any atom is 0.335 e. The molecule has 1 saturated heterocycles. The predicted molar refractivity (Wildman–Crippen MR) is 139 cm³/mol. The fourth-order valence-corrected chi connectivity index (χ4v) is 5.97. The molecule has 2 amide bonds. The van der Waals surface area contributed by atoms with Crippen molar-refractivity contribution in [3.05, 3.63) is 59.7 Å². The van der Waals surface area contributed by atoms with Gasteiger partial charge in [0.2, 0.25) is 11.8 Å². The topological polar surface area (TPSA) is 91.6 Å². The number of nitrogens with zero attached hydrogens (tertiary/aromatic N) is 2. The van der Waals surface area contributed by atoms with Gasteiger partial charge in [-0.05, 0) is 55.0 Å². The van der Waals surface area contributed by atoms with Crippen LogP contribution in [0.2, 0.25) is 0 Å². The molecule has 0 radical (unpaired) electrons. The number of nitrogens with one attached hydrogen (secondary N) is 1. The minimum Gasteiger partial charge on any atom is -0.478 e. The Kier molecular flexibility index (Phi) is 6.81. The Labute approximate surface area is 211 Å². The molecule has 36 heavy (non-hydrogen) atoms. The smallest absolute Gasteiger partial charge is 0.335 e. The van der Waals surface area contributed by atoms with Crippen molar-refractivity contribution in [2.45, 2.75) is 51.5 Å². The van der Waals surface area contributed by atoms with Gasteiger partial charge in [-0.15, -0.1) is 0 Å². The Morgan fingerprint density at radius 1 is 1.08 bits per heavy atom. The number of carboxylic acid groups (broad SMARTS) is 1. The van der Waals surface area contributed by atoms with Crippen molar-refractivity contribution in [3.63, 3.8) is 0 Å². The van der Waals surface area contributed by atoms with Crippen LogP contribution >= 0.6 is 0 Å². The summed E-state index contributed by atoms with van der Waals surface area (Å²) < 4.78 is 2.05. The summed E-state index contributed by atoms with van der Waals surface area (Å²) >= 11 is 0. The standard InChI is InChI=1S/C29H33N3O4/c1-2-31-17-19(14-26(31)34)16-30-25(33)18-32-24-13-12-22(29(35)36)15-23(24)27(20-8-6-7-9-20)28(32)21-10-4-3-5-11-21/h3-5,10-13,15,19-20H,2,6-9,14,16-18H2,1H3,(H,30,33)(H,35,36). The first-order chi connectivity index (χ1) is 17.5. The van der Waals surface area contributed by atoms with Gasteiger partial charge in [-0.25, -0.2) is 4.79 Å². The maximum absolute atomic E-state index is 13.2. The maximum atomic E-state index is 13.2. The lowest BCUT2D eigenvalue weighted by molar-refractivity contribution is -0.127. The van der Waals surface area contributed by atoms with E-state index in [4.69, 9.17) is 0 Å². The van der Waals surface area contributed by atoms with E-state index in [0.717, 1.165) is 53.4 Å². The lowest BCUT2D eigenvalue weighted by Gasteiger charge is -2.17. The molecular formula is C29H33N3O4. The number of hydrogen-bond donors (Lipinski definition) is 2. The molecule has 7 heteroatoms. The second-order valence-electron chi connectivity index (χ2n) is 10.0. The molecule has 0 spiro atoms. The van der Waals surface area contributed by atoms with Crippen molar-refractivity contribution in [2.75, 3.05) is 19.6 Å². The van der Waals surface area contributed by atoms with E-state index in [1.807, 2.05) is 36.1 Å². The Morgan fingerprint density at radius 2 is 1.83 bits per heavy atom. The van der Waals surface area contributed by atoms with Crippen LogP contribution in [0, 0.1) is 5.92 Å². The molecule has 1 atom stereocenters. The minimum absolute atomic E-state index is 0.105. The second kappa shape index (κ2) is 10.2. The fourth-order valence-electron chi connectivity index (χ4n) is 5.97. The van der Waals surface area contributed by atoms with Crippen LogP contribution in [-0.4, -0.2) is 52.0 Å². The summed E-state index contributed by atoms with van der Waals surface area (Å²) in [5.74, 6) is -0.445. The molecule has 7 nitrogen and oxygen atoms in total. The molecule has 5 rings (SSSR count). The van der Waals surface area contributed by atoms with Gasteiger partial charge in [0.1, 0.15) is 6.54 Å². The van der Waals surface area contributed by atoms with E-state index in [-0.39, 0.29) is 29.8 Å². The molecule has 1 saturated carbocycles. The van der Waals surface area contributed by atoms with Crippen LogP contribution in [0.1, 0.15) is 60.9 Å². The second-order valence-corrected chi connectivity index (χ2v) is 10.0. The van der Waals surface area contributed by atoms with Crippen LogP contribution in [0.15, 0.2) is 48.5 Å². The highest BCUT2D eigenvalue weighted by atomic mass is 16.4. The zero-order valence-corrected chi connectivity index (χ0v) is 20.7. The highest BCUT2D eigenvalue weighted by Gasteiger charge is 2.30. The number of carboxylic acids is 1. The van der Waals surface area contributed by atoms with Crippen LogP contribution in [0.25, 0.3) is 22.2 Å². The summed E-state index contributed by atoms with van der Waals surface area (Å²) in [6.45, 7) is 3.96. The van der Waals surface area contributed by atoms with E-state index in [2.05, 4.69) is 22.0 Å². The van der Waals surface area contributed by atoms with E-state index in [1.54, 1.807) is 12.1 Å². The molecule has 1 unspecified atom stereocenters. The quantitative estimate of drug-likeness (QED) is 0.484. The average molecular weight is 488 g/mol. The molecule has 1 aromatic heterocycles. The number of rotatable bonds is 8. The van der Waals surface area contributed by atoms with Gasteiger partial charge < -0.3 is 19.9 Å². The Balaban J connectivity index is 1.52. The van der Waals surface area contributed by atoms with Gasteiger partial charge >= 0.3 is 5.97 Å². The molecule has 1 aliphatic heterocycles. The van der Waals surface area contributed by atoms with E-state index in [9.17, 15) is 19.5 Å².